The Bertz CT molecular complexity index is 275. The van der Waals surface area contributed by atoms with Crippen LogP contribution in [0.2, 0.25) is 0 Å². The first kappa shape index (κ1) is 8.47. The van der Waals surface area contributed by atoms with Gasteiger partial charge in [0, 0.05) is 0 Å². The highest BCUT2D eigenvalue weighted by Crippen LogP contribution is 2.05. The van der Waals surface area contributed by atoms with Crippen molar-refractivity contribution in [3.8, 4) is 11.8 Å². The van der Waals surface area contributed by atoms with Crippen LogP contribution in [0.3, 0.4) is 0 Å². The van der Waals surface area contributed by atoms with Gasteiger partial charge in [0.1, 0.15) is 6.07 Å². The van der Waals surface area contributed by atoms with Crippen molar-refractivity contribution >= 4 is 0 Å². The molecule has 0 unspecified atom stereocenters. The number of hydrogen-bond acceptors (Lipinski definition) is 4. The summed E-state index contributed by atoms with van der Waals surface area (Å²) in [6, 6.07) is 1.83. The second-order valence-corrected chi connectivity index (χ2v) is 2.20. The van der Waals surface area contributed by atoms with E-state index in [0.717, 1.165) is 6.42 Å². The van der Waals surface area contributed by atoms with Crippen LogP contribution in [-0.4, -0.2) is 16.6 Å². The minimum atomic E-state index is 0.166. The van der Waals surface area contributed by atoms with Crippen LogP contribution < -0.4 is 4.74 Å². The quantitative estimate of drug-likeness (QED) is 0.670. The highest BCUT2D eigenvalue weighted by Gasteiger charge is 1.95. The summed E-state index contributed by atoms with van der Waals surface area (Å²) in [6.07, 6.45) is 3.95. The van der Waals surface area contributed by atoms with Gasteiger partial charge in [-0.05, 0) is 6.42 Å². The van der Waals surface area contributed by atoms with Gasteiger partial charge < -0.3 is 4.74 Å². The Morgan fingerprint density at radius 1 is 1.50 bits per heavy atom. The second-order valence-electron chi connectivity index (χ2n) is 2.20. The highest BCUT2D eigenvalue weighted by molar-refractivity contribution is 5.17. The van der Waals surface area contributed by atoms with E-state index in [1.54, 1.807) is 0 Å². The average molecular weight is 163 g/mol. The zero-order valence-electron chi connectivity index (χ0n) is 6.82. The van der Waals surface area contributed by atoms with Crippen LogP contribution in [0.25, 0.3) is 0 Å². The molecule has 1 heterocycles. The molecular formula is C8H9N3O. The maximum Gasteiger partial charge on any atom is 0.232 e. The minimum absolute atomic E-state index is 0.166. The van der Waals surface area contributed by atoms with E-state index in [-0.39, 0.29) is 5.82 Å². The van der Waals surface area contributed by atoms with Crippen LogP contribution in [0.5, 0.6) is 5.75 Å². The third kappa shape index (κ3) is 2.20. The molecule has 0 aliphatic carbocycles. The molecule has 1 aromatic rings. The van der Waals surface area contributed by atoms with Crippen LogP contribution in [0.4, 0.5) is 0 Å². The molecule has 0 radical (unpaired) electrons. The molecule has 0 saturated heterocycles. The lowest BCUT2D eigenvalue weighted by atomic mass is 10.5. The summed E-state index contributed by atoms with van der Waals surface area (Å²) in [4.78, 5) is 7.51. The van der Waals surface area contributed by atoms with E-state index in [1.807, 2.05) is 13.0 Å². The third-order valence-corrected chi connectivity index (χ3v) is 1.20. The molecule has 0 N–H and O–H groups in total. The molecule has 0 atom stereocenters. The normalized spacial score (nSPS) is 9.00. The lowest BCUT2D eigenvalue weighted by molar-refractivity contribution is 0.314. The Morgan fingerprint density at radius 3 is 2.67 bits per heavy atom. The summed E-state index contributed by atoms with van der Waals surface area (Å²) in [5.74, 6) is 0.773. The Morgan fingerprint density at radius 2 is 2.17 bits per heavy atom. The number of ether oxygens (including phenoxy) is 1. The van der Waals surface area contributed by atoms with Crippen LogP contribution in [0.15, 0.2) is 12.4 Å². The predicted octanol–water partition coefficient (Wildman–Crippen LogP) is 1.14. The van der Waals surface area contributed by atoms with Gasteiger partial charge >= 0.3 is 0 Å². The molecule has 0 amide bonds. The molecule has 1 aromatic heterocycles. The summed E-state index contributed by atoms with van der Waals surface area (Å²) >= 11 is 0. The molecule has 4 nitrogen and oxygen atoms in total. The fourth-order valence-corrected chi connectivity index (χ4v) is 0.668. The van der Waals surface area contributed by atoms with Crippen molar-refractivity contribution < 1.29 is 4.74 Å². The molecule has 0 fully saturated rings. The number of nitriles is 1. The lowest BCUT2D eigenvalue weighted by Crippen LogP contribution is -1.97. The fraction of sp³-hybridized carbons (Fsp3) is 0.375. The number of aromatic nitrogens is 2. The smallest absolute Gasteiger partial charge is 0.232 e. The first-order valence-electron chi connectivity index (χ1n) is 3.71. The molecule has 0 aliphatic heterocycles. The Kier molecular flexibility index (Phi) is 3.03. The van der Waals surface area contributed by atoms with E-state index < -0.39 is 0 Å². The molecule has 0 aliphatic rings. The molecule has 0 saturated carbocycles. The van der Waals surface area contributed by atoms with Crippen LogP contribution in [0.1, 0.15) is 19.2 Å². The number of hydrogen-bond donors (Lipinski definition) is 0. The maximum absolute atomic E-state index is 8.39. The van der Waals surface area contributed by atoms with Crippen molar-refractivity contribution in [2.75, 3.05) is 6.61 Å². The average Bonchev–Trinajstić information content (AvgIpc) is 2.15. The van der Waals surface area contributed by atoms with Gasteiger partial charge in [-0.15, -0.1) is 0 Å². The molecule has 1 rings (SSSR count). The molecule has 62 valence electrons. The Balaban J connectivity index is 2.60. The summed E-state index contributed by atoms with van der Waals surface area (Å²) < 4.78 is 5.22. The summed E-state index contributed by atoms with van der Waals surface area (Å²) in [5, 5.41) is 8.39. The van der Waals surface area contributed by atoms with E-state index in [2.05, 4.69) is 9.97 Å². The molecule has 4 heteroatoms. The van der Waals surface area contributed by atoms with Crippen molar-refractivity contribution in [2.45, 2.75) is 13.3 Å². The van der Waals surface area contributed by atoms with Crippen molar-refractivity contribution in [3.63, 3.8) is 0 Å². The van der Waals surface area contributed by atoms with E-state index >= 15 is 0 Å². The largest absolute Gasteiger partial charge is 0.490 e. The van der Waals surface area contributed by atoms with Gasteiger partial charge in [0.05, 0.1) is 19.0 Å². The van der Waals surface area contributed by atoms with Crippen molar-refractivity contribution in [1.82, 2.24) is 9.97 Å². The van der Waals surface area contributed by atoms with Gasteiger partial charge in [-0.3, -0.25) is 0 Å². The second kappa shape index (κ2) is 4.29. The minimum Gasteiger partial charge on any atom is -0.490 e. The van der Waals surface area contributed by atoms with Gasteiger partial charge in [-0.1, -0.05) is 6.92 Å². The maximum atomic E-state index is 8.39. The molecule has 0 aromatic carbocycles. The third-order valence-electron chi connectivity index (χ3n) is 1.20. The van der Waals surface area contributed by atoms with Gasteiger partial charge in [0.2, 0.25) is 5.82 Å². The standard InChI is InChI=1S/C8H9N3O/c1-2-3-12-7-5-10-8(4-9)11-6-7/h5-6H,2-3H2,1H3. The van der Waals surface area contributed by atoms with Gasteiger partial charge in [0.25, 0.3) is 0 Å². The highest BCUT2D eigenvalue weighted by atomic mass is 16.5. The van der Waals surface area contributed by atoms with E-state index in [0.29, 0.717) is 12.4 Å². The number of nitrogens with zero attached hydrogens (tertiary/aromatic N) is 3. The Labute approximate surface area is 70.8 Å². The first-order chi connectivity index (χ1) is 5.86. The molecular weight excluding hydrogens is 154 g/mol. The Hall–Kier alpha value is -1.63. The molecule has 12 heavy (non-hydrogen) atoms. The zero-order valence-corrected chi connectivity index (χ0v) is 6.82. The van der Waals surface area contributed by atoms with Crippen molar-refractivity contribution in [1.29, 1.82) is 5.26 Å². The van der Waals surface area contributed by atoms with Crippen LogP contribution in [-0.2, 0) is 0 Å². The van der Waals surface area contributed by atoms with Crippen molar-refractivity contribution in [3.05, 3.63) is 18.2 Å². The predicted molar refractivity (Wildman–Crippen MR) is 42.5 cm³/mol. The van der Waals surface area contributed by atoms with E-state index in [9.17, 15) is 0 Å². The van der Waals surface area contributed by atoms with Crippen LogP contribution >= 0.6 is 0 Å². The number of rotatable bonds is 3. The summed E-state index contributed by atoms with van der Waals surface area (Å²) in [6.45, 7) is 2.67. The first-order valence-corrected chi connectivity index (χ1v) is 3.71. The zero-order chi connectivity index (χ0) is 8.81. The van der Waals surface area contributed by atoms with Crippen molar-refractivity contribution in [2.24, 2.45) is 0 Å². The monoisotopic (exact) mass is 163 g/mol. The summed E-state index contributed by atoms with van der Waals surface area (Å²) in [5.41, 5.74) is 0. The SMILES string of the molecule is CCCOc1cnc(C#N)nc1. The van der Waals surface area contributed by atoms with Gasteiger partial charge in [-0.2, -0.15) is 5.26 Å². The van der Waals surface area contributed by atoms with Gasteiger partial charge in [0.15, 0.2) is 5.75 Å². The fourth-order valence-electron chi connectivity index (χ4n) is 0.668. The lowest BCUT2D eigenvalue weighted by Gasteiger charge is -2.01. The molecule has 0 spiro atoms. The topological polar surface area (TPSA) is 58.8 Å². The van der Waals surface area contributed by atoms with E-state index in [4.69, 9.17) is 10.00 Å². The van der Waals surface area contributed by atoms with Crippen LogP contribution in [0, 0.1) is 11.3 Å². The summed E-state index contributed by atoms with van der Waals surface area (Å²) in [7, 11) is 0. The van der Waals surface area contributed by atoms with E-state index in [1.165, 1.54) is 12.4 Å². The molecule has 0 bridgehead atoms. The van der Waals surface area contributed by atoms with Gasteiger partial charge in [-0.25, -0.2) is 9.97 Å².